The lowest BCUT2D eigenvalue weighted by Crippen LogP contribution is -2.20. The van der Waals surface area contributed by atoms with Crippen LogP contribution in [0.15, 0.2) is 0 Å². The summed E-state index contributed by atoms with van der Waals surface area (Å²) in [7, 11) is 0. The van der Waals surface area contributed by atoms with Crippen molar-refractivity contribution in [2.75, 3.05) is 5.75 Å². The Morgan fingerprint density at radius 2 is 1.80 bits per heavy atom. The molecule has 0 bridgehead atoms. The molecule has 0 saturated carbocycles. The highest BCUT2D eigenvalue weighted by Crippen LogP contribution is 2.18. The zero-order chi connectivity index (χ0) is 11.8. The Balaban J connectivity index is 3.55. The Hall–Kier alpha value is -0.260. The van der Waals surface area contributed by atoms with Gasteiger partial charge < -0.3 is 0 Å². The number of rotatable bonds is 7. The van der Waals surface area contributed by atoms with Crippen molar-refractivity contribution in [3.63, 3.8) is 0 Å². The van der Waals surface area contributed by atoms with Crippen LogP contribution in [-0.2, 0) is 4.79 Å². The third-order valence-electron chi connectivity index (χ3n) is 1.73. The van der Waals surface area contributed by atoms with Crippen molar-refractivity contribution in [1.82, 2.24) is 0 Å². The molecule has 0 aromatic heterocycles. The van der Waals surface area contributed by atoms with Gasteiger partial charge in [0.2, 0.25) is 6.43 Å². The van der Waals surface area contributed by atoms with E-state index in [1.807, 2.05) is 0 Å². The van der Waals surface area contributed by atoms with E-state index in [2.05, 4.69) is 0 Å². The van der Waals surface area contributed by atoms with E-state index in [0.717, 1.165) is 11.8 Å². The van der Waals surface area contributed by atoms with Crippen LogP contribution in [0.1, 0.15) is 26.2 Å². The number of halogens is 4. The van der Waals surface area contributed by atoms with Gasteiger partial charge in [-0.25, -0.2) is 17.6 Å². The first-order chi connectivity index (χ1) is 6.93. The zero-order valence-electron chi connectivity index (χ0n) is 8.39. The molecule has 0 rings (SSSR count). The first-order valence-corrected chi connectivity index (χ1v) is 5.61. The molecule has 1 nitrogen and oxygen atoms in total. The molecular formula is C9H14F4OS. The van der Waals surface area contributed by atoms with Crippen molar-refractivity contribution >= 4 is 16.9 Å². The van der Waals surface area contributed by atoms with Crippen molar-refractivity contribution in [3.8, 4) is 0 Å². The summed E-state index contributed by atoms with van der Waals surface area (Å²) in [6, 6.07) is 0. The highest BCUT2D eigenvalue weighted by Gasteiger charge is 2.23. The molecule has 0 spiro atoms. The Morgan fingerprint density at radius 3 is 2.27 bits per heavy atom. The average molecular weight is 246 g/mol. The lowest BCUT2D eigenvalue weighted by Gasteiger charge is -2.12. The highest BCUT2D eigenvalue weighted by molar-refractivity contribution is 8.13. The molecule has 0 amide bonds. The van der Waals surface area contributed by atoms with E-state index >= 15 is 0 Å². The van der Waals surface area contributed by atoms with E-state index < -0.39 is 25.2 Å². The molecule has 0 aliphatic carbocycles. The van der Waals surface area contributed by atoms with E-state index in [4.69, 9.17) is 0 Å². The maximum Gasteiger partial charge on any atom is 0.241 e. The van der Waals surface area contributed by atoms with Gasteiger partial charge in [0.15, 0.2) is 5.12 Å². The van der Waals surface area contributed by atoms with Gasteiger partial charge in [-0.2, -0.15) is 0 Å². The van der Waals surface area contributed by atoms with Crippen LogP contribution in [0.4, 0.5) is 17.6 Å². The van der Waals surface area contributed by atoms with Gasteiger partial charge in [0.25, 0.3) is 0 Å². The molecule has 0 saturated heterocycles. The molecule has 0 aromatic carbocycles. The second-order valence-electron chi connectivity index (χ2n) is 3.14. The lowest BCUT2D eigenvalue weighted by atomic mass is 10.1. The van der Waals surface area contributed by atoms with Crippen LogP contribution in [0, 0.1) is 0 Å². The normalized spacial score (nSPS) is 15.3. The number of carbonyl (C=O) groups excluding carboxylic acids is 1. The van der Waals surface area contributed by atoms with Crippen LogP contribution in [-0.4, -0.2) is 29.6 Å². The summed E-state index contributed by atoms with van der Waals surface area (Å²) in [5, 5.41) is -0.0882. The smallest absolute Gasteiger partial charge is 0.241 e. The van der Waals surface area contributed by atoms with E-state index in [1.54, 1.807) is 0 Å². The molecule has 0 heterocycles. The number of carbonyl (C=O) groups is 1. The SMILES string of the molecule is CC(=O)SCCCC(F)C(F)CC(F)F. The van der Waals surface area contributed by atoms with Crippen molar-refractivity contribution in [2.45, 2.75) is 45.0 Å². The third kappa shape index (κ3) is 8.72. The quantitative estimate of drug-likeness (QED) is 0.506. The fourth-order valence-corrected chi connectivity index (χ4v) is 1.59. The number of thioether (sulfide) groups is 1. The van der Waals surface area contributed by atoms with E-state index in [1.165, 1.54) is 6.92 Å². The van der Waals surface area contributed by atoms with Gasteiger partial charge in [-0.3, -0.25) is 4.79 Å². The van der Waals surface area contributed by atoms with Crippen molar-refractivity contribution in [2.24, 2.45) is 0 Å². The van der Waals surface area contributed by atoms with Gasteiger partial charge in [-0.05, 0) is 12.8 Å². The Morgan fingerprint density at radius 1 is 1.20 bits per heavy atom. The monoisotopic (exact) mass is 246 g/mol. The summed E-state index contributed by atoms with van der Waals surface area (Å²) in [5.74, 6) is 0.400. The summed E-state index contributed by atoms with van der Waals surface area (Å²) >= 11 is 1.02. The minimum Gasteiger partial charge on any atom is -0.288 e. The molecule has 2 unspecified atom stereocenters. The molecule has 0 aliphatic heterocycles. The largest absolute Gasteiger partial charge is 0.288 e. The van der Waals surface area contributed by atoms with Crippen LogP contribution in [0.5, 0.6) is 0 Å². The molecular weight excluding hydrogens is 232 g/mol. The molecule has 15 heavy (non-hydrogen) atoms. The highest BCUT2D eigenvalue weighted by atomic mass is 32.2. The van der Waals surface area contributed by atoms with Gasteiger partial charge in [-0.15, -0.1) is 0 Å². The van der Waals surface area contributed by atoms with Gasteiger partial charge in [0.1, 0.15) is 12.3 Å². The number of hydrogen-bond donors (Lipinski definition) is 0. The van der Waals surface area contributed by atoms with Crippen LogP contribution in [0.25, 0.3) is 0 Å². The fraction of sp³-hybridized carbons (Fsp3) is 0.889. The molecule has 90 valence electrons. The fourth-order valence-electron chi connectivity index (χ4n) is 0.993. The second kappa shape index (κ2) is 7.96. The zero-order valence-corrected chi connectivity index (χ0v) is 9.21. The summed E-state index contributed by atoms with van der Waals surface area (Å²) in [6.45, 7) is 1.38. The van der Waals surface area contributed by atoms with Crippen LogP contribution >= 0.6 is 11.8 Å². The van der Waals surface area contributed by atoms with Crippen molar-refractivity contribution in [3.05, 3.63) is 0 Å². The van der Waals surface area contributed by atoms with Crippen molar-refractivity contribution in [1.29, 1.82) is 0 Å². The van der Waals surface area contributed by atoms with Crippen LogP contribution in [0.2, 0.25) is 0 Å². The van der Waals surface area contributed by atoms with E-state index in [-0.39, 0.29) is 11.5 Å². The first-order valence-electron chi connectivity index (χ1n) is 4.63. The summed E-state index contributed by atoms with van der Waals surface area (Å²) in [5.41, 5.74) is 0. The molecule has 0 radical (unpaired) electrons. The Kier molecular flexibility index (Phi) is 7.82. The standard InChI is InChI=1S/C9H14F4OS/c1-6(14)15-4-2-3-7(10)8(11)5-9(12)13/h7-9H,2-5H2,1H3. The molecule has 0 N–H and O–H groups in total. The molecule has 2 atom stereocenters. The van der Waals surface area contributed by atoms with Crippen molar-refractivity contribution < 1.29 is 22.4 Å². The summed E-state index contributed by atoms with van der Waals surface area (Å²) in [6.07, 6.45) is -7.63. The number of hydrogen-bond acceptors (Lipinski definition) is 2. The van der Waals surface area contributed by atoms with Crippen LogP contribution in [0.3, 0.4) is 0 Å². The Bertz CT molecular complexity index is 189. The minimum absolute atomic E-state index is 0.0882. The topological polar surface area (TPSA) is 17.1 Å². The summed E-state index contributed by atoms with van der Waals surface area (Å²) < 4.78 is 49.0. The third-order valence-corrected chi connectivity index (χ3v) is 2.62. The number of alkyl halides is 4. The van der Waals surface area contributed by atoms with Gasteiger partial charge in [0, 0.05) is 19.1 Å². The maximum atomic E-state index is 12.9. The molecule has 0 aromatic rings. The predicted octanol–water partition coefficient (Wildman–Crippen LogP) is 3.38. The molecule has 0 fully saturated rings. The van der Waals surface area contributed by atoms with Gasteiger partial charge in [-0.1, -0.05) is 11.8 Å². The van der Waals surface area contributed by atoms with E-state index in [9.17, 15) is 22.4 Å². The van der Waals surface area contributed by atoms with Crippen LogP contribution < -0.4 is 0 Å². The van der Waals surface area contributed by atoms with E-state index in [0.29, 0.717) is 12.2 Å². The molecule has 0 aliphatic rings. The average Bonchev–Trinajstić information content (AvgIpc) is 2.10. The predicted molar refractivity (Wildman–Crippen MR) is 52.8 cm³/mol. The Labute approximate surface area is 90.6 Å². The van der Waals surface area contributed by atoms with Gasteiger partial charge >= 0.3 is 0 Å². The second-order valence-corrected chi connectivity index (χ2v) is 4.41. The maximum absolute atomic E-state index is 12.9. The first kappa shape index (κ1) is 14.7. The summed E-state index contributed by atoms with van der Waals surface area (Å²) in [4.78, 5) is 10.5. The lowest BCUT2D eigenvalue weighted by molar-refractivity contribution is -0.109. The van der Waals surface area contributed by atoms with Gasteiger partial charge in [0.05, 0.1) is 0 Å². The molecule has 6 heteroatoms. The minimum atomic E-state index is -2.81.